The molecule has 0 unspecified atom stereocenters. The summed E-state index contributed by atoms with van der Waals surface area (Å²) in [5.41, 5.74) is 3.38. The lowest BCUT2D eigenvalue weighted by Crippen LogP contribution is -2.47. The van der Waals surface area contributed by atoms with Crippen molar-refractivity contribution in [1.82, 2.24) is 10.6 Å². The van der Waals surface area contributed by atoms with E-state index in [1.54, 1.807) is 12.1 Å². The fraction of sp³-hybridized carbons (Fsp3) is 0.250. The molecule has 0 saturated heterocycles. The number of esters is 1. The lowest BCUT2D eigenvalue weighted by molar-refractivity contribution is -0.123. The van der Waals surface area contributed by atoms with Crippen LogP contribution in [0.15, 0.2) is 84.9 Å². The summed E-state index contributed by atoms with van der Waals surface area (Å²) in [5, 5.41) is 5.60. The molecule has 2 amide bonds. The summed E-state index contributed by atoms with van der Waals surface area (Å²) in [6.07, 6.45) is 1.01. The number of amides is 2. The van der Waals surface area contributed by atoms with Gasteiger partial charge in [0.1, 0.15) is 12.6 Å². The number of hydrogen-bond acceptors (Lipinski definition) is 5. The summed E-state index contributed by atoms with van der Waals surface area (Å²) < 4.78 is 10.0. The fourth-order valence-corrected chi connectivity index (χ4v) is 3.51. The van der Waals surface area contributed by atoms with Gasteiger partial charge in [-0.05, 0) is 48.1 Å². The van der Waals surface area contributed by atoms with Gasteiger partial charge in [0, 0.05) is 6.54 Å². The van der Waals surface area contributed by atoms with Crippen molar-refractivity contribution in [3.05, 3.63) is 107 Å². The van der Waals surface area contributed by atoms with E-state index in [9.17, 15) is 14.4 Å². The van der Waals surface area contributed by atoms with E-state index in [0.717, 1.165) is 16.7 Å². The van der Waals surface area contributed by atoms with Crippen molar-refractivity contribution < 1.29 is 23.9 Å². The Morgan fingerprint density at radius 3 is 2.00 bits per heavy atom. The summed E-state index contributed by atoms with van der Waals surface area (Å²) in [5.74, 6) is -0.667. The predicted octanol–water partition coefficient (Wildman–Crippen LogP) is 4.06. The van der Waals surface area contributed by atoms with Gasteiger partial charge in [-0.25, -0.2) is 9.59 Å². The van der Waals surface area contributed by atoms with Crippen LogP contribution in [0.4, 0.5) is 4.79 Å². The van der Waals surface area contributed by atoms with Crippen LogP contribution < -0.4 is 10.6 Å². The summed E-state index contributed by atoms with van der Waals surface area (Å²) in [4.78, 5) is 36.9. The Labute approximate surface area is 205 Å². The van der Waals surface area contributed by atoms with Crippen molar-refractivity contribution in [2.24, 2.45) is 0 Å². The molecule has 0 aliphatic carbocycles. The highest BCUT2D eigenvalue weighted by molar-refractivity contribution is 5.89. The maximum Gasteiger partial charge on any atom is 0.408 e. The molecule has 0 radical (unpaired) electrons. The highest BCUT2D eigenvalue weighted by Gasteiger charge is 2.21. The van der Waals surface area contributed by atoms with Gasteiger partial charge in [0.2, 0.25) is 5.91 Å². The molecular formula is C28H30N2O5. The van der Waals surface area contributed by atoms with E-state index < -0.39 is 18.1 Å². The zero-order chi connectivity index (χ0) is 24.9. The smallest absolute Gasteiger partial charge is 0.408 e. The molecular weight excluding hydrogens is 444 g/mol. The molecule has 3 rings (SSSR count). The first-order valence-electron chi connectivity index (χ1n) is 11.5. The van der Waals surface area contributed by atoms with Crippen LogP contribution in [0.1, 0.15) is 33.5 Å². The Morgan fingerprint density at radius 2 is 1.37 bits per heavy atom. The Hall–Kier alpha value is -4.13. The van der Waals surface area contributed by atoms with Crippen molar-refractivity contribution in [1.29, 1.82) is 0 Å². The van der Waals surface area contributed by atoms with E-state index in [1.807, 2.05) is 72.8 Å². The highest BCUT2D eigenvalue weighted by atomic mass is 16.5. The van der Waals surface area contributed by atoms with Crippen LogP contribution in [0, 0.1) is 0 Å². The van der Waals surface area contributed by atoms with Gasteiger partial charge in [0.25, 0.3) is 0 Å². The van der Waals surface area contributed by atoms with Gasteiger partial charge in [-0.2, -0.15) is 0 Å². The number of ether oxygens (including phenoxy) is 2. The number of aryl methyl sites for hydroxylation is 1. The van der Waals surface area contributed by atoms with Crippen LogP contribution in [-0.2, 0) is 33.7 Å². The Balaban J connectivity index is 1.53. The molecule has 182 valence electrons. The Bertz CT molecular complexity index is 1090. The molecule has 35 heavy (non-hydrogen) atoms. The van der Waals surface area contributed by atoms with E-state index in [1.165, 1.54) is 7.11 Å². The number of carbonyl (C=O) groups excluding carboxylic acids is 3. The number of nitrogens with one attached hydrogen (secondary N) is 2. The lowest BCUT2D eigenvalue weighted by atomic mass is 10.0. The number of carbonyl (C=O) groups is 3. The topological polar surface area (TPSA) is 93.7 Å². The van der Waals surface area contributed by atoms with Crippen LogP contribution in [0.2, 0.25) is 0 Å². The first-order valence-corrected chi connectivity index (χ1v) is 11.5. The molecule has 0 aliphatic heterocycles. The number of alkyl carbamates (subject to hydrolysis) is 1. The molecule has 7 heteroatoms. The first kappa shape index (κ1) is 25.5. The van der Waals surface area contributed by atoms with Crippen molar-refractivity contribution in [3.63, 3.8) is 0 Å². The van der Waals surface area contributed by atoms with Crippen LogP contribution in [0.25, 0.3) is 0 Å². The second kappa shape index (κ2) is 13.5. The molecule has 0 aromatic heterocycles. The van der Waals surface area contributed by atoms with Crippen molar-refractivity contribution in [3.8, 4) is 0 Å². The maximum absolute atomic E-state index is 12.9. The van der Waals surface area contributed by atoms with Crippen molar-refractivity contribution >= 4 is 18.0 Å². The standard InChI is InChI=1S/C28H30N2O5/c1-34-27(32)24-15-12-22(13-16-24)18-19-29-26(31)25(17-14-21-8-4-2-5-9-21)30-28(33)35-20-23-10-6-3-7-11-23/h2-13,15-16,25H,14,17-20H2,1H3,(H,29,31)(H,30,33)/t25-/m0/s1. The summed E-state index contributed by atoms with van der Waals surface area (Å²) >= 11 is 0. The molecule has 0 saturated carbocycles. The fourth-order valence-electron chi connectivity index (χ4n) is 3.51. The number of methoxy groups -OCH3 is 1. The molecule has 2 N–H and O–H groups in total. The maximum atomic E-state index is 12.9. The molecule has 1 atom stereocenters. The number of rotatable bonds is 11. The second-order valence-electron chi connectivity index (χ2n) is 8.01. The van der Waals surface area contributed by atoms with Crippen molar-refractivity contribution in [2.45, 2.75) is 31.9 Å². The van der Waals surface area contributed by atoms with E-state index in [4.69, 9.17) is 9.47 Å². The van der Waals surface area contributed by atoms with Gasteiger partial charge < -0.3 is 20.1 Å². The monoisotopic (exact) mass is 474 g/mol. The number of benzene rings is 3. The van der Waals surface area contributed by atoms with E-state index in [-0.39, 0.29) is 12.5 Å². The third-order valence-corrected chi connectivity index (χ3v) is 5.47. The minimum atomic E-state index is -0.736. The average molecular weight is 475 g/mol. The zero-order valence-electron chi connectivity index (χ0n) is 19.7. The van der Waals surface area contributed by atoms with E-state index in [2.05, 4.69) is 10.6 Å². The van der Waals surface area contributed by atoms with Crippen molar-refractivity contribution in [2.75, 3.05) is 13.7 Å². The molecule has 0 bridgehead atoms. The third-order valence-electron chi connectivity index (χ3n) is 5.47. The molecule has 0 fully saturated rings. The average Bonchev–Trinajstić information content (AvgIpc) is 2.91. The Morgan fingerprint density at radius 1 is 0.771 bits per heavy atom. The molecule has 0 heterocycles. The van der Waals surface area contributed by atoms with Crippen LogP contribution in [-0.4, -0.2) is 37.7 Å². The molecule has 3 aromatic carbocycles. The van der Waals surface area contributed by atoms with Crippen LogP contribution in [0.3, 0.4) is 0 Å². The Kier molecular flexibility index (Phi) is 9.87. The highest BCUT2D eigenvalue weighted by Crippen LogP contribution is 2.08. The molecule has 0 spiro atoms. The van der Waals surface area contributed by atoms with Gasteiger partial charge in [-0.1, -0.05) is 72.8 Å². The first-order chi connectivity index (χ1) is 17.0. The second-order valence-corrected chi connectivity index (χ2v) is 8.01. The summed E-state index contributed by atoms with van der Waals surface area (Å²) in [6.45, 7) is 0.514. The van der Waals surface area contributed by atoms with E-state index in [0.29, 0.717) is 31.4 Å². The quantitative estimate of drug-likeness (QED) is 0.409. The van der Waals surface area contributed by atoms with Gasteiger partial charge in [-0.15, -0.1) is 0 Å². The van der Waals surface area contributed by atoms with Gasteiger partial charge in [-0.3, -0.25) is 4.79 Å². The lowest BCUT2D eigenvalue weighted by Gasteiger charge is -2.18. The largest absolute Gasteiger partial charge is 0.465 e. The van der Waals surface area contributed by atoms with Gasteiger partial charge in [0.05, 0.1) is 12.7 Å². The van der Waals surface area contributed by atoms with E-state index >= 15 is 0 Å². The SMILES string of the molecule is COC(=O)c1ccc(CCNC(=O)[C@H](CCc2ccccc2)NC(=O)OCc2ccccc2)cc1. The van der Waals surface area contributed by atoms with Gasteiger partial charge >= 0.3 is 12.1 Å². The normalized spacial score (nSPS) is 11.2. The van der Waals surface area contributed by atoms with Crippen LogP contribution >= 0.6 is 0 Å². The predicted molar refractivity (Wildman–Crippen MR) is 133 cm³/mol. The molecule has 0 aliphatic rings. The molecule has 3 aromatic rings. The molecule has 7 nitrogen and oxygen atoms in total. The third kappa shape index (κ3) is 8.62. The summed E-state index contributed by atoms with van der Waals surface area (Å²) in [7, 11) is 1.34. The van der Waals surface area contributed by atoms with Gasteiger partial charge in [0.15, 0.2) is 0 Å². The zero-order valence-corrected chi connectivity index (χ0v) is 19.7. The van der Waals surface area contributed by atoms with Crippen LogP contribution in [0.5, 0.6) is 0 Å². The summed E-state index contributed by atoms with van der Waals surface area (Å²) in [6, 6.07) is 25.4. The minimum Gasteiger partial charge on any atom is -0.465 e. The minimum absolute atomic E-state index is 0.126. The number of hydrogen-bond donors (Lipinski definition) is 2.